The van der Waals surface area contributed by atoms with E-state index in [-0.39, 0.29) is 5.56 Å². The molecule has 2 aromatic carbocycles. The number of nitrogens with zero attached hydrogens (tertiary/aromatic N) is 6. The molecule has 0 amide bonds. The molecule has 1 fully saturated rings. The highest BCUT2D eigenvalue weighted by molar-refractivity contribution is 5.80. The van der Waals surface area contributed by atoms with E-state index in [4.69, 9.17) is 14.2 Å². The fourth-order valence-corrected chi connectivity index (χ4v) is 4.80. The molecule has 0 spiro atoms. The van der Waals surface area contributed by atoms with Crippen LogP contribution in [-0.2, 0) is 11.3 Å². The minimum absolute atomic E-state index is 0.176. The molecule has 37 heavy (non-hydrogen) atoms. The lowest BCUT2D eigenvalue weighted by molar-refractivity contribution is 0.171. The molecule has 1 saturated heterocycles. The van der Waals surface area contributed by atoms with E-state index < -0.39 is 6.04 Å². The molecule has 4 aromatic rings. The van der Waals surface area contributed by atoms with Crippen molar-refractivity contribution in [1.82, 2.24) is 30.1 Å². The van der Waals surface area contributed by atoms with Gasteiger partial charge in [0.1, 0.15) is 17.5 Å². The summed E-state index contributed by atoms with van der Waals surface area (Å²) in [6.07, 6.45) is 0. The van der Waals surface area contributed by atoms with Crippen molar-refractivity contribution in [3.05, 3.63) is 70.3 Å². The molecular weight excluding hydrogens is 474 g/mol. The number of aromatic amines is 1. The smallest absolute Gasteiger partial charge is 0.253 e. The van der Waals surface area contributed by atoms with E-state index in [0.29, 0.717) is 30.3 Å². The van der Waals surface area contributed by atoms with E-state index in [1.165, 1.54) is 0 Å². The van der Waals surface area contributed by atoms with Gasteiger partial charge in [-0.1, -0.05) is 0 Å². The number of methoxy groups -OCH3 is 3. The van der Waals surface area contributed by atoms with Crippen LogP contribution in [0.2, 0.25) is 0 Å². The summed E-state index contributed by atoms with van der Waals surface area (Å²) in [6, 6.07) is 15.3. The molecule has 0 unspecified atom stereocenters. The zero-order valence-electron chi connectivity index (χ0n) is 21.3. The van der Waals surface area contributed by atoms with Crippen molar-refractivity contribution < 1.29 is 14.2 Å². The predicted octanol–water partition coefficient (Wildman–Crippen LogP) is 2.09. The third-order valence-electron chi connectivity index (χ3n) is 6.80. The lowest BCUT2D eigenvalue weighted by Gasteiger charge is -2.39. The van der Waals surface area contributed by atoms with Crippen molar-refractivity contribution in [2.75, 3.05) is 59.0 Å². The number of ether oxygens (including phenoxy) is 3. The molecule has 1 aliphatic heterocycles. The number of H-pyrrole nitrogens is 1. The van der Waals surface area contributed by atoms with E-state index in [1.54, 1.807) is 26.0 Å². The summed E-state index contributed by atoms with van der Waals surface area (Å²) in [7, 11) is 4.91. The number of hydrogen-bond acceptors (Lipinski definition) is 9. The quantitative estimate of drug-likeness (QED) is 0.366. The van der Waals surface area contributed by atoms with Crippen LogP contribution in [-0.4, -0.2) is 84.2 Å². The van der Waals surface area contributed by atoms with Crippen LogP contribution in [0.25, 0.3) is 10.9 Å². The summed E-state index contributed by atoms with van der Waals surface area (Å²) in [5.74, 6) is 2.14. The van der Waals surface area contributed by atoms with E-state index in [9.17, 15) is 4.79 Å². The zero-order valence-corrected chi connectivity index (χ0v) is 21.3. The summed E-state index contributed by atoms with van der Waals surface area (Å²) in [5, 5.41) is 13.4. The number of nitrogens with one attached hydrogen (secondary N) is 1. The molecule has 1 atom stereocenters. The zero-order chi connectivity index (χ0) is 25.8. The highest BCUT2D eigenvalue weighted by Crippen LogP contribution is 2.30. The molecule has 1 aliphatic rings. The van der Waals surface area contributed by atoms with Gasteiger partial charge < -0.3 is 24.1 Å². The normalized spacial score (nSPS) is 15.2. The highest BCUT2D eigenvalue weighted by Gasteiger charge is 2.32. The van der Waals surface area contributed by atoms with Crippen LogP contribution in [0.4, 0.5) is 5.69 Å². The first kappa shape index (κ1) is 24.7. The van der Waals surface area contributed by atoms with E-state index in [2.05, 4.69) is 42.4 Å². The van der Waals surface area contributed by atoms with Gasteiger partial charge in [0.15, 0.2) is 5.82 Å². The van der Waals surface area contributed by atoms with Crippen molar-refractivity contribution in [1.29, 1.82) is 0 Å². The van der Waals surface area contributed by atoms with Gasteiger partial charge in [-0.2, -0.15) is 0 Å². The molecule has 1 N–H and O–H groups in total. The Morgan fingerprint density at radius 1 is 0.946 bits per heavy atom. The molecule has 0 radical (unpaired) electrons. The minimum atomic E-state index is -0.417. The highest BCUT2D eigenvalue weighted by atomic mass is 16.5. The molecule has 2 aromatic heterocycles. The summed E-state index contributed by atoms with van der Waals surface area (Å²) in [6.45, 7) is 4.01. The number of pyridine rings is 1. The lowest BCUT2D eigenvalue weighted by Crippen LogP contribution is -2.49. The van der Waals surface area contributed by atoms with E-state index >= 15 is 0 Å². The van der Waals surface area contributed by atoms with Gasteiger partial charge in [0.2, 0.25) is 0 Å². The number of piperazine rings is 1. The Morgan fingerprint density at radius 3 is 2.38 bits per heavy atom. The van der Waals surface area contributed by atoms with Crippen LogP contribution < -0.4 is 19.9 Å². The summed E-state index contributed by atoms with van der Waals surface area (Å²) in [5.41, 5.74) is 2.28. The van der Waals surface area contributed by atoms with Gasteiger partial charge in [0.25, 0.3) is 5.56 Å². The lowest BCUT2D eigenvalue weighted by atomic mass is 10.0. The Kier molecular flexibility index (Phi) is 7.33. The van der Waals surface area contributed by atoms with Gasteiger partial charge in [-0.3, -0.25) is 9.69 Å². The van der Waals surface area contributed by atoms with Crippen molar-refractivity contribution in [3.8, 4) is 11.5 Å². The van der Waals surface area contributed by atoms with Crippen molar-refractivity contribution in [2.45, 2.75) is 12.6 Å². The number of anilines is 1. The molecule has 5 rings (SSSR count). The monoisotopic (exact) mass is 505 g/mol. The Labute approximate surface area is 214 Å². The predicted molar refractivity (Wildman–Crippen MR) is 139 cm³/mol. The van der Waals surface area contributed by atoms with Crippen LogP contribution in [0.3, 0.4) is 0 Å². The molecule has 11 heteroatoms. The van der Waals surface area contributed by atoms with Gasteiger partial charge in [-0.25, -0.2) is 4.68 Å². The Morgan fingerprint density at radius 2 is 1.68 bits per heavy atom. The third kappa shape index (κ3) is 5.13. The first-order valence-electron chi connectivity index (χ1n) is 12.2. The molecule has 0 saturated carbocycles. The third-order valence-corrected chi connectivity index (χ3v) is 6.80. The number of hydrogen-bond donors (Lipinski definition) is 1. The Balaban J connectivity index is 1.48. The molecular formula is C26H31N7O4. The first-order valence-corrected chi connectivity index (χ1v) is 12.2. The van der Waals surface area contributed by atoms with Crippen LogP contribution in [0.1, 0.15) is 17.4 Å². The second kappa shape index (κ2) is 11.0. The maximum absolute atomic E-state index is 13.4. The fourth-order valence-electron chi connectivity index (χ4n) is 4.80. The van der Waals surface area contributed by atoms with Gasteiger partial charge in [-0.15, -0.1) is 5.10 Å². The summed E-state index contributed by atoms with van der Waals surface area (Å²) < 4.78 is 17.6. The minimum Gasteiger partial charge on any atom is -0.497 e. The molecule has 0 bridgehead atoms. The Bertz CT molecular complexity index is 1390. The van der Waals surface area contributed by atoms with Crippen molar-refractivity contribution in [3.63, 3.8) is 0 Å². The first-order chi connectivity index (χ1) is 18.1. The second-order valence-electron chi connectivity index (χ2n) is 8.88. The second-order valence-corrected chi connectivity index (χ2v) is 8.88. The average molecular weight is 506 g/mol. The van der Waals surface area contributed by atoms with Crippen molar-refractivity contribution in [2.24, 2.45) is 0 Å². The number of fused-ring (bicyclic) bond motifs is 1. The van der Waals surface area contributed by atoms with Gasteiger partial charge in [0.05, 0.1) is 32.9 Å². The summed E-state index contributed by atoms with van der Waals surface area (Å²) >= 11 is 0. The van der Waals surface area contributed by atoms with E-state index in [1.807, 2.05) is 36.4 Å². The number of tetrazole rings is 1. The molecule has 194 valence electrons. The SMILES string of the molecule is COCCn1nnnc1[C@@H](c1cc2ccc(OC)cc2[nH]c1=O)N1CCN(c2ccc(OC)cc2)CC1. The molecule has 11 nitrogen and oxygen atoms in total. The van der Waals surface area contributed by atoms with Gasteiger partial charge in [0, 0.05) is 50.6 Å². The van der Waals surface area contributed by atoms with Gasteiger partial charge in [-0.05, 0) is 58.3 Å². The molecule has 3 heterocycles. The van der Waals surface area contributed by atoms with Crippen LogP contribution in [0.5, 0.6) is 11.5 Å². The van der Waals surface area contributed by atoms with Crippen LogP contribution in [0, 0.1) is 0 Å². The topological polar surface area (TPSA) is 111 Å². The average Bonchev–Trinajstić information content (AvgIpc) is 3.40. The summed E-state index contributed by atoms with van der Waals surface area (Å²) in [4.78, 5) is 21.1. The maximum Gasteiger partial charge on any atom is 0.253 e. The van der Waals surface area contributed by atoms with Gasteiger partial charge >= 0.3 is 0 Å². The van der Waals surface area contributed by atoms with Crippen LogP contribution in [0.15, 0.2) is 53.3 Å². The maximum atomic E-state index is 13.4. The van der Waals surface area contributed by atoms with Crippen LogP contribution >= 0.6 is 0 Å². The standard InChI is InChI=1S/C26H31N7O4/c1-35-15-14-33-25(28-29-30-33)24(22-16-18-4-7-21(37-3)17-23(18)27-26(22)34)32-12-10-31(11-13-32)19-5-8-20(36-2)9-6-19/h4-9,16-17,24H,10-15H2,1-3H3,(H,27,34)/t24-/m1/s1. The Hall–Kier alpha value is -3.96. The molecule has 0 aliphatic carbocycles. The van der Waals surface area contributed by atoms with Crippen molar-refractivity contribution >= 4 is 16.6 Å². The number of rotatable bonds is 9. The largest absolute Gasteiger partial charge is 0.497 e. The number of benzene rings is 2. The number of aromatic nitrogens is 5. The fraction of sp³-hybridized carbons (Fsp3) is 0.385. The van der Waals surface area contributed by atoms with E-state index in [0.717, 1.165) is 48.5 Å².